The van der Waals surface area contributed by atoms with Gasteiger partial charge in [0.25, 0.3) is 0 Å². The van der Waals surface area contributed by atoms with Crippen LogP contribution in [0.2, 0.25) is 0 Å². The molecule has 2 atom stereocenters. The first-order chi connectivity index (χ1) is 16.9. The molecule has 4 aromatic rings. The number of ether oxygens (including phenoxy) is 1. The van der Waals surface area contributed by atoms with Crippen molar-refractivity contribution in [1.82, 2.24) is 9.55 Å². The molecule has 1 saturated heterocycles. The van der Waals surface area contributed by atoms with Crippen LogP contribution in [0.1, 0.15) is 29.3 Å². The zero-order chi connectivity index (χ0) is 24.5. The molecule has 1 aliphatic heterocycles. The van der Waals surface area contributed by atoms with Crippen LogP contribution in [0.15, 0.2) is 66.7 Å². The summed E-state index contributed by atoms with van der Waals surface area (Å²) in [5.74, 6) is 0.641. The maximum absolute atomic E-state index is 14.4. The van der Waals surface area contributed by atoms with E-state index in [9.17, 15) is 14.3 Å². The molecule has 3 aromatic carbocycles. The number of anilines is 1. The van der Waals surface area contributed by atoms with E-state index in [-0.39, 0.29) is 37.1 Å². The molecule has 1 amide bonds. The van der Waals surface area contributed by atoms with Crippen molar-refractivity contribution < 1.29 is 19.0 Å². The Morgan fingerprint density at radius 1 is 1.09 bits per heavy atom. The summed E-state index contributed by atoms with van der Waals surface area (Å²) >= 11 is 0. The minimum Gasteiger partial charge on any atom is -0.491 e. The average Bonchev–Trinajstić information content (AvgIpc) is 3.41. The first kappa shape index (κ1) is 23.1. The van der Waals surface area contributed by atoms with Gasteiger partial charge in [-0.05, 0) is 61.4 Å². The largest absolute Gasteiger partial charge is 0.491 e. The Bertz CT molecular complexity index is 1380. The highest BCUT2D eigenvalue weighted by Gasteiger charge is 2.36. The summed E-state index contributed by atoms with van der Waals surface area (Å²) in [6.45, 7) is 4.79. The number of aliphatic hydroxyl groups excluding tert-OH is 1. The number of hydrogen-bond donors (Lipinski definition) is 1. The van der Waals surface area contributed by atoms with Crippen molar-refractivity contribution in [2.75, 3.05) is 18.1 Å². The molecule has 1 N–H and O–H groups in total. The molecular weight excluding hydrogens is 445 g/mol. The lowest BCUT2D eigenvalue weighted by atomic mass is 10.1. The minimum absolute atomic E-state index is 0.124. The van der Waals surface area contributed by atoms with E-state index in [0.717, 1.165) is 16.6 Å². The Kier molecular flexibility index (Phi) is 6.26. The second kappa shape index (κ2) is 9.50. The average molecular weight is 474 g/mol. The Balaban J connectivity index is 1.38. The van der Waals surface area contributed by atoms with Crippen LogP contribution in [-0.2, 0) is 11.3 Å². The molecule has 0 unspecified atom stereocenters. The summed E-state index contributed by atoms with van der Waals surface area (Å²) in [6.07, 6.45) is -0.555. The molecule has 0 saturated carbocycles. The minimum atomic E-state index is -0.784. The van der Waals surface area contributed by atoms with Crippen LogP contribution in [0.3, 0.4) is 0 Å². The standard InChI is InChI=1S/C28H28FN3O3/c1-18-11-12-22(13-19(18)2)35-17-21(33)16-32-26-10-6-4-8-24(26)30-28(32)20-14-27(34)31(15-20)25-9-5-3-7-23(25)29/h3-13,20-21,33H,14-17H2,1-2H3/t20-,21-/m1/s1. The second-order valence-electron chi connectivity index (χ2n) is 9.14. The molecule has 1 aliphatic rings. The van der Waals surface area contributed by atoms with E-state index >= 15 is 0 Å². The number of aryl methyl sites for hydroxylation is 2. The zero-order valence-corrected chi connectivity index (χ0v) is 19.8. The summed E-state index contributed by atoms with van der Waals surface area (Å²) < 4.78 is 22.2. The number of rotatable bonds is 7. The molecule has 0 spiro atoms. The molecular formula is C28H28FN3O3. The van der Waals surface area contributed by atoms with Crippen molar-refractivity contribution in [2.24, 2.45) is 0 Å². The van der Waals surface area contributed by atoms with Crippen molar-refractivity contribution in [3.05, 3.63) is 89.5 Å². The molecule has 5 rings (SSSR count). The number of aliphatic hydroxyl groups is 1. The summed E-state index contributed by atoms with van der Waals surface area (Å²) in [4.78, 5) is 19.1. The van der Waals surface area contributed by atoms with E-state index in [1.807, 2.05) is 60.9 Å². The molecule has 0 aliphatic carbocycles. The lowest BCUT2D eigenvalue weighted by molar-refractivity contribution is -0.117. The van der Waals surface area contributed by atoms with Crippen LogP contribution in [0.5, 0.6) is 5.75 Å². The highest BCUT2D eigenvalue weighted by molar-refractivity contribution is 5.96. The van der Waals surface area contributed by atoms with E-state index in [1.54, 1.807) is 18.2 Å². The topological polar surface area (TPSA) is 67.6 Å². The van der Waals surface area contributed by atoms with Gasteiger partial charge in [-0.25, -0.2) is 9.37 Å². The maximum Gasteiger partial charge on any atom is 0.227 e. The number of aromatic nitrogens is 2. The number of halogens is 1. The highest BCUT2D eigenvalue weighted by Crippen LogP contribution is 2.34. The van der Waals surface area contributed by atoms with Crippen LogP contribution in [0.25, 0.3) is 11.0 Å². The monoisotopic (exact) mass is 473 g/mol. The van der Waals surface area contributed by atoms with Gasteiger partial charge in [-0.15, -0.1) is 0 Å². The Labute approximate surface area is 203 Å². The van der Waals surface area contributed by atoms with Crippen LogP contribution in [0, 0.1) is 19.7 Å². The second-order valence-corrected chi connectivity index (χ2v) is 9.14. The molecule has 35 heavy (non-hydrogen) atoms. The smallest absolute Gasteiger partial charge is 0.227 e. The number of carbonyl (C=O) groups is 1. The predicted octanol–water partition coefficient (Wildman–Crippen LogP) is 4.75. The molecule has 0 radical (unpaired) electrons. The van der Waals surface area contributed by atoms with E-state index in [4.69, 9.17) is 9.72 Å². The van der Waals surface area contributed by atoms with Crippen LogP contribution in [0.4, 0.5) is 10.1 Å². The number of para-hydroxylation sites is 3. The fraction of sp³-hybridized carbons (Fsp3) is 0.286. The lowest BCUT2D eigenvalue weighted by Gasteiger charge is -2.19. The number of fused-ring (bicyclic) bond motifs is 1. The van der Waals surface area contributed by atoms with Crippen molar-refractivity contribution in [3.63, 3.8) is 0 Å². The third-order valence-electron chi connectivity index (χ3n) is 6.63. The summed E-state index contributed by atoms with van der Waals surface area (Å²) in [6, 6.07) is 19.9. The maximum atomic E-state index is 14.4. The number of hydrogen-bond acceptors (Lipinski definition) is 4. The molecule has 1 aromatic heterocycles. The molecule has 1 fully saturated rings. The van der Waals surface area contributed by atoms with Crippen molar-refractivity contribution in [1.29, 1.82) is 0 Å². The van der Waals surface area contributed by atoms with Crippen molar-refractivity contribution in [3.8, 4) is 5.75 Å². The quantitative estimate of drug-likeness (QED) is 0.421. The van der Waals surface area contributed by atoms with Gasteiger partial charge in [0.15, 0.2) is 0 Å². The fourth-order valence-electron chi connectivity index (χ4n) is 4.64. The summed E-state index contributed by atoms with van der Waals surface area (Å²) in [5.41, 5.74) is 4.27. The molecule has 2 heterocycles. The van der Waals surface area contributed by atoms with Crippen LogP contribution >= 0.6 is 0 Å². The number of amides is 1. The van der Waals surface area contributed by atoms with Gasteiger partial charge >= 0.3 is 0 Å². The highest BCUT2D eigenvalue weighted by atomic mass is 19.1. The SMILES string of the molecule is Cc1ccc(OC[C@H](O)Cn2c([C@@H]3CC(=O)N(c4ccccc4F)C3)nc3ccccc32)cc1C. The van der Waals surface area contributed by atoms with Crippen molar-refractivity contribution in [2.45, 2.75) is 38.8 Å². The van der Waals surface area contributed by atoms with Gasteiger partial charge in [-0.1, -0.05) is 30.3 Å². The Hall–Kier alpha value is -3.71. The molecule has 6 nitrogen and oxygen atoms in total. The first-order valence-electron chi connectivity index (χ1n) is 11.8. The number of benzene rings is 3. The predicted molar refractivity (Wildman–Crippen MR) is 133 cm³/mol. The molecule has 0 bridgehead atoms. The van der Waals surface area contributed by atoms with E-state index in [2.05, 4.69) is 0 Å². The van der Waals surface area contributed by atoms with Gasteiger partial charge in [0.05, 0.1) is 23.3 Å². The van der Waals surface area contributed by atoms with Gasteiger partial charge in [0.1, 0.15) is 30.1 Å². The zero-order valence-electron chi connectivity index (χ0n) is 19.8. The lowest BCUT2D eigenvalue weighted by Crippen LogP contribution is -2.27. The Morgan fingerprint density at radius 3 is 2.66 bits per heavy atom. The fourth-order valence-corrected chi connectivity index (χ4v) is 4.64. The van der Waals surface area contributed by atoms with Crippen LogP contribution in [-0.4, -0.2) is 39.8 Å². The van der Waals surface area contributed by atoms with Gasteiger partial charge < -0.3 is 19.3 Å². The normalized spacial score (nSPS) is 16.7. The summed E-state index contributed by atoms with van der Waals surface area (Å²) in [7, 11) is 0. The molecule has 180 valence electrons. The molecule has 7 heteroatoms. The third kappa shape index (κ3) is 4.64. The van der Waals surface area contributed by atoms with E-state index in [0.29, 0.717) is 18.1 Å². The van der Waals surface area contributed by atoms with Crippen molar-refractivity contribution >= 4 is 22.6 Å². The number of carbonyl (C=O) groups excluding carboxylic acids is 1. The number of nitrogens with zero attached hydrogens (tertiary/aromatic N) is 3. The van der Waals surface area contributed by atoms with Gasteiger partial charge in [-0.3, -0.25) is 4.79 Å². The van der Waals surface area contributed by atoms with Gasteiger partial charge in [0, 0.05) is 18.9 Å². The third-order valence-corrected chi connectivity index (χ3v) is 6.63. The van der Waals surface area contributed by atoms with E-state index < -0.39 is 11.9 Å². The van der Waals surface area contributed by atoms with E-state index in [1.165, 1.54) is 16.5 Å². The summed E-state index contributed by atoms with van der Waals surface area (Å²) in [5, 5.41) is 10.9. The first-order valence-corrected chi connectivity index (χ1v) is 11.8. The Morgan fingerprint density at radius 2 is 1.86 bits per heavy atom. The van der Waals surface area contributed by atoms with Crippen LogP contribution < -0.4 is 9.64 Å². The van der Waals surface area contributed by atoms with Gasteiger partial charge in [-0.2, -0.15) is 0 Å². The van der Waals surface area contributed by atoms with Gasteiger partial charge in [0.2, 0.25) is 5.91 Å². The number of imidazole rings is 1.